The number of anilines is 2. The normalized spacial score (nSPS) is 14.9. The molecule has 8 heteroatoms. The third-order valence-corrected chi connectivity index (χ3v) is 6.59. The Morgan fingerprint density at radius 3 is 2.59 bits per heavy atom. The van der Waals surface area contributed by atoms with Crippen molar-refractivity contribution >= 4 is 38.9 Å². The minimum atomic E-state index is -3.51. The van der Waals surface area contributed by atoms with Gasteiger partial charge in [0.15, 0.2) is 0 Å². The summed E-state index contributed by atoms with van der Waals surface area (Å²) in [5.74, 6) is -0.289. The maximum Gasteiger partial charge on any atom is 0.243 e. The molecular formula is C19H22ClN3O3S. The van der Waals surface area contributed by atoms with E-state index in [1.165, 1.54) is 10.4 Å². The van der Waals surface area contributed by atoms with Crippen molar-refractivity contribution in [3.05, 3.63) is 53.1 Å². The SMILES string of the molecule is Cc1ccc(NCC(=O)Nc2cccc(S(=O)(=O)N3CCCC3)c2)c(Cl)c1. The summed E-state index contributed by atoms with van der Waals surface area (Å²) in [6.45, 7) is 3.04. The first-order chi connectivity index (χ1) is 12.9. The highest BCUT2D eigenvalue weighted by atomic mass is 35.5. The summed E-state index contributed by atoms with van der Waals surface area (Å²) in [6, 6.07) is 11.9. The van der Waals surface area contributed by atoms with Crippen LogP contribution in [0.4, 0.5) is 11.4 Å². The molecule has 144 valence electrons. The van der Waals surface area contributed by atoms with E-state index in [4.69, 9.17) is 11.6 Å². The molecule has 0 aliphatic carbocycles. The Labute approximate surface area is 164 Å². The Hall–Kier alpha value is -2.09. The first-order valence-corrected chi connectivity index (χ1v) is 10.6. The van der Waals surface area contributed by atoms with Crippen LogP contribution in [0.15, 0.2) is 47.4 Å². The molecular weight excluding hydrogens is 386 g/mol. The van der Waals surface area contributed by atoms with Gasteiger partial charge in [0.2, 0.25) is 15.9 Å². The fourth-order valence-corrected chi connectivity index (χ4v) is 4.82. The number of halogens is 1. The van der Waals surface area contributed by atoms with Crippen LogP contribution in [0, 0.1) is 6.92 Å². The number of hydrogen-bond donors (Lipinski definition) is 2. The third-order valence-electron chi connectivity index (χ3n) is 4.38. The lowest BCUT2D eigenvalue weighted by molar-refractivity contribution is -0.114. The average molecular weight is 408 g/mol. The number of hydrogen-bond acceptors (Lipinski definition) is 4. The van der Waals surface area contributed by atoms with Crippen molar-refractivity contribution in [3.63, 3.8) is 0 Å². The molecule has 1 amide bonds. The van der Waals surface area contributed by atoms with Crippen molar-refractivity contribution in [2.75, 3.05) is 30.3 Å². The number of aryl methyl sites for hydroxylation is 1. The predicted octanol–water partition coefficient (Wildman–Crippen LogP) is 3.48. The van der Waals surface area contributed by atoms with Gasteiger partial charge in [-0.1, -0.05) is 23.7 Å². The molecule has 0 spiro atoms. The lowest BCUT2D eigenvalue weighted by Gasteiger charge is -2.16. The number of nitrogens with zero attached hydrogens (tertiary/aromatic N) is 1. The minimum Gasteiger partial charge on any atom is -0.375 e. The standard InChI is InChI=1S/C19H22ClN3O3S/c1-14-7-8-18(17(20)11-14)21-13-19(24)22-15-5-4-6-16(12-15)27(25,26)23-9-2-3-10-23/h4-8,11-12,21H,2-3,9-10,13H2,1H3,(H,22,24). The number of carbonyl (C=O) groups excluding carboxylic acids is 1. The van der Waals surface area contributed by atoms with Gasteiger partial charge >= 0.3 is 0 Å². The molecule has 27 heavy (non-hydrogen) atoms. The van der Waals surface area contributed by atoms with Crippen LogP contribution >= 0.6 is 11.6 Å². The molecule has 3 rings (SSSR count). The summed E-state index contributed by atoms with van der Waals surface area (Å²) >= 11 is 6.14. The van der Waals surface area contributed by atoms with Gasteiger partial charge in [-0.2, -0.15) is 4.31 Å². The van der Waals surface area contributed by atoms with Gasteiger partial charge in [-0.05, 0) is 55.7 Å². The van der Waals surface area contributed by atoms with Crippen LogP contribution in [-0.2, 0) is 14.8 Å². The first kappa shape index (κ1) is 19.7. The highest BCUT2D eigenvalue weighted by Gasteiger charge is 2.27. The summed E-state index contributed by atoms with van der Waals surface area (Å²) in [5, 5.41) is 6.24. The summed E-state index contributed by atoms with van der Waals surface area (Å²) < 4.78 is 26.7. The quantitative estimate of drug-likeness (QED) is 0.768. The first-order valence-electron chi connectivity index (χ1n) is 8.76. The second kappa shape index (κ2) is 8.29. The van der Waals surface area contributed by atoms with Crippen molar-refractivity contribution in [1.82, 2.24) is 4.31 Å². The number of carbonyl (C=O) groups is 1. The van der Waals surface area contributed by atoms with Crippen LogP contribution in [0.2, 0.25) is 5.02 Å². The number of benzene rings is 2. The van der Waals surface area contributed by atoms with Crippen LogP contribution in [0.1, 0.15) is 18.4 Å². The lowest BCUT2D eigenvalue weighted by Crippen LogP contribution is -2.28. The van der Waals surface area contributed by atoms with Gasteiger partial charge in [0, 0.05) is 18.8 Å². The van der Waals surface area contributed by atoms with E-state index in [-0.39, 0.29) is 17.3 Å². The summed E-state index contributed by atoms with van der Waals surface area (Å²) in [4.78, 5) is 12.4. The molecule has 1 fully saturated rings. The second-order valence-electron chi connectivity index (χ2n) is 6.52. The van der Waals surface area contributed by atoms with Crippen molar-refractivity contribution < 1.29 is 13.2 Å². The van der Waals surface area contributed by atoms with Gasteiger partial charge in [0.25, 0.3) is 0 Å². The topological polar surface area (TPSA) is 78.5 Å². The van der Waals surface area contributed by atoms with Crippen molar-refractivity contribution in [1.29, 1.82) is 0 Å². The van der Waals surface area contributed by atoms with Gasteiger partial charge in [-0.3, -0.25) is 4.79 Å². The highest BCUT2D eigenvalue weighted by Crippen LogP contribution is 2.24. The van der Waals surface area contributed by atoms with E-state index in [1.807, 2.05) is 25.1 Å². The van der Waals surface area contributed by atoms with E-state index in [9.17, 15) is 13.2 Å². The van der Waals surface area contributed by atoms with E-state index < -0.39 is 10.0 Å². The van der Waals surface area contributed by atoms with E-state index in [2.05, 4.69) is 10.6 Å². The Morgan fingerprint density at radius 1 is 1.15 bits per heavy atom. The van der Waals surface area contributed by atoms with Gasteiger partial charge in [0.1, 0.15) is 0 Å². The Morgan fingerprint density at radius 2 is 1.89 bits per heavy atom. The summed E-state index contributed by atoms with van der Waals surface area (Å²) in [6.07, 6.45) is 1.76. The molecule has 6 nitrogen and oxygen atoms in total. The molecule has 0 unspecified atom stereocenters. The van der Waals surface area contributed by atoms with Crippen LogP contribution in [0.3, 0.4) is 0 Å². The van der Waals surface area contributed by atoms with Crippen molar-refractivity contribution in [2.24, 2.45) is 0 Å². The van der Waals surface area contributed by atoms with E-state index in [1.54, 1.807) is 18.2 Å². The fraction of sp³-hybridized carbons (Fsp3) is 0.316. The molecule has 0 bridgehead atoms. The largest absolute Gasteiger partial charge is 0.375 e. The van der Waals surface area contributed by atoms with E-state index in [0.29, 0.717) is 29.5 Å². The number of sulfonamides is 1. The molecule has 2 N–H and O–H groups in total. The summed E-state index contributed by atoms with van der Waals surface area (Å²) in [5.41, 5.74) is 2.14. The lowest BCUT2D eigenvalue weighted by atomic mass is 10.2. The molecule has 2 aromatic rings. The van der Waals surface area contributed by atoms with Crippen LogP contribution in [-0.4, -0.2) is 38.3 Å². The van der Waals surface area contributed by atoms with Gasteiger partial charge in [-0.25, -0.2) is 8.42 Å². The zero-order chi connectivity index (χ0) is 19.4. The van der Waals surface area contributed by atoms with E-state index >= 15 is 0 Å². The van der Waals surface area contributed by atoms with Crippen molar-refractivity contribution in [2.45, 2.75) is 24.7 Å². The Bertz CT molecular complexity index is 941. The molecule has 1 aliphatic heterocycles. The highest BCUT2D eigenvalue weighted by molar-refractivity contribution is 7.89. The summed E-state index contributed by atoms with van der Waals surface area (Å²) in [7, 11) is -3.51. The smallest absolute Gasteiger partial charge is 0.243 e. The molecule has 1 saturated heterocycles. The van der Waals surface area contributed by atoms with Gasteiger partial charge in [-0.15, -0.1) is 0 Å². The third kappa shape index (κ3) is 4.80. The molecule has 1 aliphatic rings. The van der Waals surface area contributed by atoms with Gasteiger partial charge < -0.3 is 10.6 Å². The molecule has 2 aromatic carbocycles. The minimum absolute atomic E-state index is 0.0197. The zero-order valence-electron chi connectivity index (χ0n) is 15.0. The molecule has 1 heterocycles. The molecule has 0 atom stereocenters. The monoisotopic (exact) mass is 407 g/mol. The number of nitrogens with one attached hydrogen (secondary N) is 2. The number of amides is 1. The maximum atomic E-state index is 12.6. The number of rotatable bonds is 6. The predicted molar refractivity (Wildman–Crippen MR) is 108 cm³/mol. The molecule has 0 radical (unpaired) electrons. The van der Waals surface area contributed by atoms with E-state index in [0.717, 1.165) is 18.4 Å². The van der Waals surface area contributed by atoms with Crippen LogP contribution < -0.4 is 10.6 Å². The zero-order valence-corrected chi connectivity index (χ0v) is 16.6. The molecule has 0 aromatic heterocycles. The van der Waals surface area contributed by atoms with Crippen LogP contribution in [0.25, 0.3) is 0 Å². The molecule has 0 saturated carbocycles. The Kier molecular flexibility index (Phi) is 6.04. The Balaban J connectivity index is 1.64. The van der Waals surface area contributed by atoms with Crippen LogP contribution in [0.5, 0.6) is 0 Å². The fourth-order valence-electron chi connectivity index (χ4n) is 2.96. The van der Waals surface area contributed by atoms with Gasteiger partial charge in [0.05, 0.1) is 22.2 Å². The van der Waals surface area contributed by atoms with Crippen molar-refractivity contribution in [3.8, 4) is 0 Å². The average Bonchev–Trinajstić information content (AvgIpc) is 3.17. The maximum absolute atomic E-state index is 12.6. The second-order valence-corrected chi connectivity index (χ2v) is 8.87.